The highest BCUT2D eigenvalue weighted by Gasteiger charge is 2.22. The predicted octanol–water partition coefficient (Wildman–Crippen LogP) is 3.28. The zero-order chi connectivity index (χ0) is 19.2. The number of nitrogens with one attached hydrogen (secondary N) is 2. The van der Waals surface area contributed by atoms with E-state index >= 15 is 0 Å². The third-order valence-electron chi connectivity index (χ3n) is 4.79. The van der Waals surface area contributed by atoms with E-state index in [1.54, 1.807) is 14.2 Å². The number of nitrogens with zero attached hydrogens (tertiary/aromatic N) is 2. The van der Waals surface area contributed by atoms with E-state index in [9.17, 15) is 4.79 Å². The molecule has 0 saturated heterocycles. The number of rotatable bonds is 8. The monoisotopic (exact) mass is 390 g/mol. The summed E-state index contributed by atoms with van der Waals surface area (Å²) in [5, 5.41) is 10.6. The van der Waals surface area contributed by atoms with Crippen molar-refractivity contribution in [3.63, 3.8) is 0 Å². The van der Waals surface area contributed by atoms with Gasteiger partial charge in [0.2, 0.25) is 11.1 Å². The Bertz CT molecular complexity index is 774. The van der Waals surface area contributed by atoms with E-state index in [2.05, 4.69) is 20.5 Å². The summed E-state index contributed by atoms with van der Waals surface area (Å²) in [6.45, 7) is 2.28. The van der Waals surface area contributed by atoms with Crippen LogP contribution in [0.25, 0.3) is 0 Å². The summed E-state index contributed by atoms with van der Waals surface area (Å²) in [6.07, 6.45) is 4.84. The largest absolute Gasteiger partial charge is 0.493 e. The van der Waals surface area contributed by atoms with Gasteiger partial charge in [0.1, 0.15) is 5.82 Å². The van der Waals surface area contributed by atoms with Crippen LogP contribution >= 0.6 is 11.8 Å². The van der Waals surface area contributed by atoms with E-state index in [1.807, 2.05) is 25.1 Å². The van der Waals surface area contributed by atoms with Gasteiger partial charge in [-0.2, -0.15) is 0 Å². The van der Waals surface area contributed by atoms with Gasteiger partial charge in [0.05, 0.1) is 19.5 Å². The lowest BCUT2D eigenvalue weighted by Crippen LogP contribution is -2.30. The van der Waals surface area contributed by atoms with Crippen LogP contribution in [-0.2, 0) is 11.3 Å². The molecule has 1 saturated carbocycles. The average molecular weight is 391 g/mol. The van der Waals surface area contributed by atoms with Crippen molar-refractivity contribution < 1.29 is 14.3 Å². The van der Waals surface area contributed by atoms with Gasteiger partial charge in [-0.25, -0.2) is 4.98 Å². The minimum Gasteiger partial charge on any atom is -0.493 e. The maximum atomic E-state index is 12.4. The Morgan fingerprint density at radius 1 is 1.30 bits per heavy atom. The van der Waals surface area contributed by atoms with Gasteiger partial charge in [-0.15, -0.1) is 5.10 Å². The lowest BCUT2D eigenvalue weighted by Gasteiger charge is -2.12. The van der Waals surface area contributed by atoms with E-state index in [-0.39, 0.29) is 11.2 Å². The second-order valence-electron chi connectivity index (χ2n) is 6.65. The van der Waals surface area contributed by atoms with Gasteiger partial charge < -0.3 is 14.8 Å². The summed E-state index contributed by atoms with van der Waals surface area (Å²) < 4.78 is 10.5. The van der Waals surface area contributed by atoms with E-state index in [1.165, 1.54) is 37.4 Å². The Morgan fingerprint density at radius 2 is 2.04 bits per heavy atom. The second-order valence-corrected chi connectivity index (χ2v) is 7.96. The lowest BCUT2D eigenvalue weighted by atomic mass is 10.1. The normalized spacial score (nSPS) is 15.5. The number of benzene rings is 1. The Hall–Kier alpha value is -2.22. The maximum absolute atomic E-state index is 12.4. The molecule has 0 spiro atoms. The number of ether oxygens (including phenoxy) is 2. The highest BCUT2D eigenvalue weighted by atomic mass is 32.2. The molecule has 1 aliphatic carbocycles. The predicted molar refractivity (Wildman–Crippen MR) is 104 cm³/mol. The average Bonchev–Trinajstić information content (AvgIpc) is 3.37. The summed E-state index contributed by atoms with van der Waals surface area (Å²) in [4.78, 5) is 17.0. The SMILES string of the molecule is COc1ccc(CNC(=O)C(C)Sc2n[nH]c(C3CCCC3)n2)cc1OC. The summed E-state index contributed by atoms with van der Waals surface area (Å²) in [6, 6.07) is 5.60. The van der Waals surface area contributed by atoms with Crippen molar-refractivity contribution in [2.24, 2.45) is 0 Å². The number of thioether (sulfide) groups is 1. The van der Waals surface area contributed by atoms with Crippen LogP contribution < -0.4 is 14.8 Å². The van der Waals surface area contributed by atoms with Crippen LogP contribution in [0.4, 0.5) is 0 Å². The molecule has 1 fully saturated rings. The second kappa shape index (κ2) is 9.12. The van der Waals surface area contributed by atoms with Gasteiger partial charge in [-0.05, 0) is 37.5 Å². The molecule has 27 heavy (non-hydrogen) atoms. The molecule has 1 atom stereocenters. The molecular weight excluding hydrogens is 364 g/mol. The van der Waals surface area contributed by atoms with E-state index in [0.717, 1.165) is 11.4 Å². The molecule has 2 aromatic rings. The topological polar surface area (TPSA) is 89.1 Å². The molecule has 1 heterocycles. The molecular formula is C19H26N4O3S. The smallest absolute Gasteiger partial charge is 0.233 e. The summed E-state index contributed by atoms with van der Waals surface area (Å²) in [5.41, 5.74) is 0.944. The first-order valence-corrected chi connectivity index (χ1v) is 10.1. The van der Waals surface area contributed by atoms with E-state index in [4.69, 9.17) is 9.47 Å². The first kappa shape index (κ1) is 19.5. The third-order valence-corrected chi connectivity index (χ3v) is 5.75. The lowest BCUT2D eigenvalue weighted by molar-refractivity contribution is -0.120. The van der Waals surface area contributed by atoms with E-state index < -0.39 is 0 Å². The standard InChI is InChI=1S/C19H26N4O3S/c1-12(27-19-21-17(22-23-19)14-6-4-5-7-14)18(24)20-11-13-8-9-15(25-2)16(10-13)26-3/h8-10,12,14H,4-7,11H2,1-3H3,(H,20,24)(H,21,22,23). The van der Waals surface area contributed by atoms with E-state index in [0.29, 0.717) is 29.1 Å². The molecule has 1 aliphatic rings. The van der Waals surface area contributed by atoms with Crippen molar-refractivity contribution in [1.82, 2.24) is 20.5 Å². The van der Waals surface area contributed by atoms with Gasteiger partial charge in [-0.1, -0.05) is 30.7 Å². The van der Waals surface area contributed by atoms with Crippen LogP contribution in [0.1, 0.15) is 49.9 Å². The van der Waals surface area contributed by atoms with Crippen LogP contribution in [-0.4, -0.2) is 40.6 Å². The van der Waals surface area contributed by atoms with Crippen LogP contribution in [0, 0.1) is 0 Å². The Kier molecular flexibility index (Phi) is 6.60. The molecule has 7 nitrogen and oxygen atoms in total. The highest BCUT2D eigenvalue weighted by molar-refractivity contribution is 8.00. The van der Waals surface area contributed by atoms with Crippen molar-refractivity contribution in [2.75, 3.05) is 14.2 Å². The molecule has 1 unspecified atom stereocenters. The van der Waals surface area contributed by atoms with Crippen LogP contribution in [0.5, 0.6) is 11.5 Å². The Labute approximate surface area is 163 Å². The third kappa shape index (κ3) is 4.94. The molecule has 0 bridgehead atoms. The fraction of sp³-hybridized carbons (Fsp3) is 0.526. The number of hydrogen-bond acceptors (Lipinski definition) is 6. The quantitative estimate of drug-likeness (QED) is 0.673. The van der Waals surface area contributed by atoms with Crippen LogP contribution in [0.2, 0.25) is 0 Å². The fourth-order valence-electron chi connectivity index (χ4n) is 3.23. The van der Waals surface area contributed by atoms with Gasteiger partial charge in [0, 0.05) is 12.5 Å². The Balaban J connectivity index is 1.52. The fourth-order valence-corrected chi connectivity index (χ4v) is 3.98. The number of hydrogen-bond donors (Lipinski definition) is 2. The zero-order valence-corrected chi connectivity index (χ0v) is 16.8. The highest BCUT2D eigenvalue weighted by Crippen LogP contribution is 2.33. The molecule has 146 valence electrons. The molecule has 1 aromatic carbocycles. The van der Waals surface area contributed by atoms with Crippen LogP contribution in [0.15, 0.2) is 23.4 Å². The molecule has 8 heteroatoms. The number of amides is 1. The van der Waals surface area contributed by atoms with Crippen molar-refractivity contribution in [1.29, 1.82) is 0 Å². The van der Waals surface area contributed by atoms with Crippen molar-refractivity contribution in [3.8, 4) is 11.5 Å². The summed E-state index contributed by atoms with van der Waals surface area (Å²) in [5.74, 6) is 2.70. The zero-order valence-electron chi connectivity index (χ0n) is 15.9. The van der Waals surface area contributed by atoms with Gasteiger partial charge in [-0.3, -0.25) is 9.89 Å². The number of aromatic amines is 1. The first-order chi connectivity index (χ1) is 13.1. The number of H-pyrrole nitrogens is 1. The minimum atomic E-state index is -0.280. The Morgan fingerprint density at radius 3 is 2.74 bits per heavy atom. The molecule has 0 aliphatic heterocycles. The number of methoxy groups -OCH3 is 2. The van der Waals surface area contributed by atoms with Gasteiger partial charge in [0.15, 0.2) is 11.5 Å². The molecule has 2 N–H and O–H groups in total. The molecule has 0 radical (unpaired) electrons. The number of carbonyl (C=O) groups excluding carboxylic acids is 1. The summed E-state index contributed by atoms with van der Waals surface area (Å²) >= 11 is 1.37. The van der Waals surface area contributed by atoms with Crippen molar-refractivity contribution >= 4 is 17.7 Å². The molecule has 1 amide bonds. The molecule has 1 aromatic heterocycles. The maximum Gasteiger partial charge on any atom is 0.233 e. The van der Waals surface area contributed by atoms with Crippen molar-refractivity contribution in [2.45, 2.75) is 55.5 Å². The molecule has 3 rings (SSSR count). The number of aromatic nitrogens is 3. The van der Waals surface area contributed by atoms with Crippen molar-refractivity contribution in [3.05, 3.63) is 29.6 Å². The van der Waals surface area contributed by atoms with Gasteiger partial charge >= 0.3 is 0 Å². The van der Waals surface area contributed by atoms with Gasteiger partial charge in [0.25, 0.3) is 0 Å². The van der Waals surface area contributed by atoms with Crippen LogP contribution in [0.3, 0.4) is 0 Å². The first-order valence-electron chi connectivity index (χ1n) is 9.18. The minimum absolute atomic E-state index is 0.0537. The number of carbonyl (C=O) groups is 1. The summed E-state index contributed by atoms with van der Waals surface area (Å²) in [7, 11) is 3.19.